The van der Waals surface area contributed by atoms with Crippen LogP contribution in [0.25, 0.3) is 0 Å². The summed E-state index contributed by atoms with van der Waals surface area (Å²) in [6.07, 6.45) is -12.7. The highest BCUT2D eigenvalue weighted by atomic mass is 16.7. The van der Waals surface area contributed by atoms with E-state index in [9.17, 15) is 40.9 Å². The van der Waals surface area contributed by atoms with E-state index in [0.717, 1.165) is 0 Å². The topological polar surface area (TPSA) is 190 Å². The maximum atomic E-state index is 10.5. The van der Waals surface area contributed by atoms with Crippen molar-refractivity contribution in [3.63, 3.8) is 0 Å². The Labute approximate surface area is 168 Å². The van der Waals surface area contributed by atoms with Crippen molar-refractivity contribution in [3.05, 3.63) is 12.7 Å². The Morgan fingerprint density at radius 2 is 1.45 bits per heavy atom. The fourth-order valence-corrected chi connectivity index (χ4v) is 3.66. The van der Waals surface area contributed by atoms with Crippen LogP contribution in [0.5, 0.6) is 0 Å². The zero-order valence-corrected chi connectivity index (χ0v) is 16.2. The van der Waals surface area contributed by atoms with Crippen molar-refractivity contribution in [2.75, 3.05) is 13.2 Å². The molecule has 11 unspecified atom stereocenters. The molecule has 2 rings (SSSR count). The highest BCUT2D eigenvalue weighted by Crippen LogP contribution is 2.32. The third-order valence-electron chi connectivity index (χ3n) is 5.33. The van der Waals surface area contributed by atoms with Gasteiger partial charge in [0.2, 0.25) is 0 Å². The molecule has 2 aliphatic heterocycles. The van der Waals surface area contributed by atoms with Crippen molar-refractivity contribution >= 4 is 0 Å². The quantitative estimate of drug-likeness (QED) is 0.179. The SMILES string of the molecule is C=CCC(C)(O)CC1OC(CO)C(OC2OC(CO)C(O)C(O)C2O)C(O)C1O. The molecule has 8 N–H and O–H groups in total. The van der Waals surface area contributed by atoms with Gasteiger partial charge in [-0.3, -0.25) is 0 Å². The summed E-state index contributed by atoms with van der Waals surface area (Å²) in [5, 5.41) is 80.0. The molecule has 0 aliphatic carbocycles. The van der Waals surface area contributed by atoms with Gasteiger partial charge in [-0.25, -0.2) is 0 Å². The molecule has 11 nitrogen and oxygen atoms in total. The summed E-state index contributed by atoms with van der Waals surface area (Å²) in [6, 6.07) is 0. The first kappa shape index (κ1) is 24.6. The molecular weight excluding hydrogens is 392 g/mol. The van der Waals surface area contributed by atoms with Gasteiger partial charge in [-0.05, 0) is 13.3 Å². The average molecular weight is 424 g/mol. The Morgan fingerprint density at radius 3 is 2.00 bits per heavy atom. The van der Waals surface area contributed by atoms with Gasteiger partial charge in [0.05, 0.1) is 24.9 Å². The fraction of sp³-hybridized carbons (Fsp3) is 0.889. The fourth-order valence-electron chi connectivity index (χ4n) is 3.66. The first-order valence-corrected chi connectivity index (χ1v) is 9.48. The van der Waals surface area contributed by atoms with Gasteiger partial charge in [0, 0.05) is 6.42 Å². The minimum Gasteiger partial charge on any atom is -0.394 e. The minimum atomic E-state index is -1.72. The second-order valence-corrected chi connectivity index (χ2v) is 7.87. The van der Waals surface area contributed by atoms with E-state index in [0.29, 0.717) is 0 Å². The van der Waals surface area contributed by atoms with E-state index < -0.39 is 80.0 Å². The van der Waals surface area contributed by atoms with Crippen molar-refractivity contribution in [1.82, 2.24) is 0 Å². The first-order chi connectivity index (χ1) is 13.6. The second-order valence-electron chi connectivity index (χ2n) is 7.87. The monoisotopic (exact) mass is 424 g/mol. The molecule has 0 bridgehead atoms. The zero-order valence-electron chi connectivity index (χ0n) is 16.2. The molecule has 0 amide bonds. The van der Waals surface area contributed by atoms with E-state index in [4.69, 9.17) is 14.2 Å². The highest BCUT2D eigenvalue weighted by molar-refractivity contribution is 4.98. The molecule has 2 aliphatic rings. The van der Waals surface area contributed by atoms with Crippen molar-refractivity contribution in [3.8, 4) is 0 Å². The molecule has 0 aromatic heterocycles. The number of aliphatic hydroxyl groups is 8. The predicted octanol–water partition coefficient (Wildman–Crippen LogP) is -3.63. The maximum absolute atomic E-state index is 10.5. The van der Waals surface area contributed by atoms with Crippen LogP contribution < -0.4 is 0 Å². The summed E-state index contributed by atoms with van der Waals surface area (Å²) < 4.78 is 16.3. The van der Waals surface area contributed by atoms with Gasteiger partial charge < -0.3 is 55.1 Å². The van der Waals surface area contributed by atoms with E-state index in [-0.39, 0.29) is 12.8 Å². The molecule has 0 aromatic carbocycles. The predicted molar refractivity (Wildman–Crippen MR) is 96.5 cm³/mol. The van der Waals surface area contributed by atoms with Gasteiger partial charge in [-0.2, -0.15) is 0 Å². The van der Waals surface area contributed by atoms with Gasteiger partial charge in [0.15, 0.2) is 6.29 Å². The molecule has 2 fully saturated rings. The van der Waals surface area contributed by atoms with Crippen LogP contribution in [-0.2, 0) is 14.2 Å². The van der Waals surface area contributed by atoms with Crippen molar-refractivity contribution in [2.45, 2.75) is 86.6 Å². The van der Waals surface area contributed by atoms with Gasteiger partial charge >= 0.3 is 0 Å². The number of ether oxygens (including phenoxy) is 3. The molecular formula is C18H32O11. The van der Waals surface area contributed by atoms with Crippen LogP contribution >= 0.6 is 0 Å². The number of hydrogen-bond acceptors (Lipinski definition) is 11. The van der Waals surface area contributed by atoms with Crippen LogP contribution in [0.3, 0.4) is 0 Å². The molecule has 0 radical (unpaired) electrons. The Morgan fingerprint density at radius 1 is 0.862 bits per heavy atom. The van der Waals surface area contributed by atoms with Crippen LogP contribution in [0.4, 0.5) is 0 Å². The van der Waals surface area contributed by atoms with Crippen molar-refractivity contribution in [2.24, 2.45) is 0 Å². The third kappa shape index (κ3) is 5.51. The Bertz CT molecular complexity index is 526. The van der Waals surface area contributed by atoms with E-state index >= 15 is 0 Å². The number of hydrogen-bond donors (Lipinski definition) is 8. The summed E-state index contributed by atoms with van der Waals surface area (Å²) in [6.45, 7) is 3.78. The van der Waals surface area contributed by atoms with E-state index in [1.54, 1.807) is 0 Å². The molecule has 11 atom stereocenters. The number of aliphatic hydroxyl groups excluding tert-OH is 7. The van der Waals surface area contributed by atoms with Crippen LogP contribution in [-0.4, -0.2) is 121 Å². The van der Waals surface area contributed by atoms with E-state index in [1.807, 2.05) is 0 Å². The molecule has 2 heterocycles. The maximum Gasteiger partial charge on any atom is 0.187 e. The molecule has 0 saturated carbocycles. The molecule has 170 valence electrons. The first-order valence-electron chi connectivity index (χ1n) is 9.48. The lowest BCUT2D eigenvalue weighted by Crippen LogP contribution is -2.64. The average Bonchev–Trinajstić information content (AvgIpc) is 2.67. The molecule has 0 aromatic rings. The van der Waals surface area contributed by atoms with Crippen LogP contribution in [0.2, 0.25) is 0 Å². The lowest BCUT2D eigenvalue weighted by molar-refractivity contribution is -0.343. The largest absolute Gasteiger partial charge is 0.394 e. The Kier molecular flexibility index (Phi) is 8.53. The van der Waals surface area contributed by atoms with Gasteiger partial charge in [-0.1, -0.05) is 6.08 Å². The molecule has 0 spiro atoms. The van der Waals surface area contributed by atoms with Crippen LogP contribution in [0, 0.1) is 0 Å². The van der Waals surface area contributed by atoms with Crippen molar-refractivity contribution < 1.29 is 55.1 Å². The molecule has 2 saturated heterocycles. The van der Waals surface area contributed by atoms with Crippen LogP contribution in [0.1, 0.15) is 19.8 Å². The normalized spacial score (nSPS) is 45.6. The number of rotatable bonds is 8. The lowest BCUT2D eigenvalue weighted by Gasteiger charge is -2.47. The minimum absolute atomic E-state index is 0.0550. The molecule has 29 heavy (non-hydrogen) atoms. The zero-order chi connectivity index (χ0) is 21.9. The summed E-state index contributed by atoms with van der Waals surface area (Å²) in [4.78, 5) is 0. The third-order valence-corrected chi connectivity index (χ3v) is 5.33. The standard InChI is InChI=1S/C18H32O11/c1-3-4-18(2,26)5-8-11(21)14(24)16(10(7-20)27-8)29-17-15(25)13(23)12(22)9(6-19)28-17/h3,8-17,19-26H,1,4-7H2,2H3. The van der Waals surface area contributed by atoms with Crippen molar-refractivity contribution in [1.29, 1.82) is 0 Å². The summed E-state index contributed by atoms with van der Waals surface area (Å²) in [5.41, 5.74) is -1.27. The Balaban J connectivity index is 2.12. The summed E-state index contributed by atoms with van der Waals surface area (Å²) >= 11 is 0. The van der Waals surface area contributed by atoms with E-state index in [2.05, 4.69) is 6.58 Å². The van der Waals surface area contributed by atoms with Gasteiger partial charge in [0.1, 0.15) is 48.8 Å². The summed E-state index contributed by atoms with van der Waals surface area (Å²) in [7, 11) is 0. The van der Waals surface area contributed by atoms with Gasteiger partial charge in [0.25, 0.3) is 0 Å². The lowest BCUT2D eigenvalue weighted by atomic mass is 9.86. The molecule has 11 heteroatoms. The highest BCUT2D eigenvalue weighted by Gasteiger charge is 2.51. The Hall–Kier alpha value is -0.700. The van der Waals surface area contributed by atoms with Crippen LogP contribution in [0.15, 0.2) is 12.7 Å². The van der Waals surface area contributed by atoms with E-state index in [1.165, 1.54) is 13.0 Å². The summed E-state index contributed by atoms with van der Waals surface area (Å²) in [5.74, 6) is 0. The van der Waals surface area contributed by atoms with Gasteiger partial charge in [-0.15, -0.1) is 6.58 Å². The smallest absolute Gasteiger partial charge is 0.187 e. The second kappa shape index (κ2) is 10.1.